The summed E-state index contributed by atoms with van der Waals surface area (Å²) < 4.78 is 45.0. The van der Waals surface area contributed by atoms with Crippen molar-refractivity contribution in [2.24, 2.45) is 0 Å². The smallest absolute Gasteiger partial charge is 0.372 e. The van der Waals surface area contributed by atoms with Gasteiger partial charge in [-0.15, -0.1) is 5.10 Å². The fourth-order valence-electron chi connectivity index (χ4n) is 3.35. The number of hydrogen-bond donors (Lipinski definition) is 0. The maximum Gasteiger partial charge on any atom is 0.417 e. The van der Waals surface area contributed by atoms with E-state index in [1.807, 2.05) is 0 Å². The molecule has 2 aliphatic rings. The second kappa shape index (κ2) is 5.21. The quantitative estimate of drug-likeness (QED) is 0.842. The molecule has 0 aliphatic carbocycles. The first-order valence-electron chi connectivity index (χ1n) is 7.53. The predicted molar refractivity (Wildman–Crippen MR) is 75.1 cm³/mol. The van der Waals surface area contributed by atoms with Crippen molar-refractivity contribution in [1.82, 2.24) is 30.1 Å². The third-order valence-corrected chi connectivity index (χ3v) is 4.52. The van der Waals surface area contributed by atoms with E-state index in [1.54, 1.807) is 0 Å². The Morgan fingerprint density at radius 2 is 2.21 bits per heavy atom. The van der Waals surface area contributed by atoms with Crippen LogP contribution in [0, 0.1) is 0 Å². The number of tetrazole rings is 1. The first-order chi connectivity index (χ1) is 11.3. The summed E-state index contributed by atoms with van der Waals surface area (Å²) in [6.07, 6.45) is -2.67. The Kier molecular flexibility index (Phi) is 3.36. The highest BCUT2D eigenvalue weighted by Gasteiger charge is 2.47. The molecule has 0 radical (unpaired) electrons. The number of nitrogens with zero attached hydrogens (tertiary/aromatic N) is 6. The van der Waals surface area contributed by atoms with Gasteiger partial charge < -0.3 is 4.74 Å². The van der Waals surface area contributed by atoms with Gasteiger partial charge in [-0.1, -0.05) is 0 Å². The average molecular weight is 340 g/mol. The average Bonchev–Trinajstić information content (AvgIpc) is 3.20. The standard InChI is InChI=1S/C14H15F3N6O/c1-13-4-10(7-24-13)22(8-13)6-12-19-20-21-23(12)11-3-2-9(5-18-11)14(15,16)17/h2-3,5,10H,4,6-8H2,1H3/t10-,13-/m0/s1. The van der Waals surface area contributed by atoms with E-state index in [0.29, 0.717) is 25.0 Å². The summed E-state index contributed by atoms with van der Waals surface area (Å²) in [5.41, 5.74) is -0.932. The normalized spacial score (nSPS) is 27.1. The molecule has 24 heavy (non-hydrogen) atoms. The van der Waals surface area contributed by atoms with Crippen molar-refractivity contribution in [3.05, 3.63) is 29.7 Å². The highest BCUT2D eigenvalue weighted by atomic mass is 19.4. The Bertz CT molecular complexity index is 746. The molecular weight excluding hydrogens is 325 g/mol. The van der Waals surface area contributed by atoms with E-state index in [0.717, 1.165) is 25.2 Å². The van der Waals surface area contributed by atoms with Gasteiger partial charge in [-0.2, -0.15) is 17.9 Å². The molecule has 7 nitrogen and oxygen atoms in total. The van der Waals surface area contributed by atoms with E-state index in [4.69, 9.17) is 4.74 Å². The topological polar surface area (TPSA) is 69.0 Å². The predicted octanol–water partition coefficient (Wildman–Crippen LogP) is 1.44. The van der Waals surface area contributed by atoms with Gasteiger partial charge in [0.1, 0.15) is 0 Å². The molecule has 2 aliphatic heterocycles. The fraction of sp³-hybridized carbons (Fsp3) is 0.571. The summed E-state index contributed by atoms with van der Waals surface area (Å²) in [5.74, 6) is 0.799. The van der Waals surface area contributed by atoms with Gasteiger partial charge in [-0.25, -0.2) is 4.98 Å². The van der Waals surface area contributed by atoms with Crippen LogP contribution in [0.2, 0.25) is 0 Å². The number of fused-ring (bicyclic) bond motifs is 2. The zero-order chi connectivity index (χ0) is 16.9. The van der Waals surface area contributed by atoms with Gasteiger partial charge in [0.05, 0.1) is 24.3 Å². The van der Waals surface area contributed by atoms with Crippen molar-refractivity contribution in [3.8, 4) is 5.82 Å². The number of pyridine rings is 1. The maximum atomic E-state index is 12.6. The Balaban J connectivity index is 1.55. The largest absolute Gasteiger partial charge is 0.417 e. The van der Waals surface area contributed by atoms with Gasteiger partial charge in [0.2, 0.25) is 0 Å². The number of halogens is 3. The van der Waals surface area contributed by atoms with Crippen LogP contribution in [-0.2, 0) is 17.5 Å². The molecule has 4 heterocycles. The maximum absolute atomic E-state index is 12.6. The lowest BCUT2D eigenvalue weighted by atomic mass is 10.1. The van der Waals surface area contributed by atoms with E-state index in [1.165, 1.54) is 10.7 Å². The molecule has 0 N–H and O–H groups in total. The van der Waals surface area contributed by atoms with E-state index in [9.17, 15) is 13.2 Å². The summed E-state index contributed by atoms with van der Waals surface area (Å²) in [5, 5.41) is 11.5. The van der Waals surface area contributed by atoms with Crippen molar-refractivity contribution < 1.29 is 17.9 Å². The van der Waals surface area contributed by atoms with E-state index >= 15 is 0 Å². The number of ether oxygens (including phenoxy) is 1. The van der Waals surface area contributed by atoms with Crippen LogP contribution < -0.4 is 0 Å². The molecule has 2 aromatic heterocycles. The van der Waals surface area contributed by atoms with Crippen molar-refractivity contribution >= 4 is 0 Å². The van der Waals surface area contributed by atoms with Crippen LogP contribution in [0.1, 0.15) is 24.7 Å². The molecule has 10 heteroatoms. The number of rotatable bonds is 3. The number of hydrogen-bond acceptors (Lipinski definition) is 6. The molecule has 0 aromatic carbocycles. The highest BCUT2D eigenvalue weighted by molar-refractivity contribution is 5.26. The molecule has 2 saturated heterocycles. The fourth-order valence-corrected chi connectivity index (χ4v) is 3.35. The van der Waals surface area contributed by atoms with Gasteiger partial charge in [-0.3, -0.25) is 4.90 Å². The second-order valence-corrected chi connectivity index (χ2v) is 6.43. The van der Waals surface area contributed by atoms with Gasteiger partial charge in [0.15, 0.2) is 11.6 Å². The summed E-state index contributed by atoms with van der Waals surface area (Å²) >= 11 is 0. The Labute approximate surface area is 135 Å². The third-order valence-electron chi connectivity index (χ3n) is 4.52. The summed E-state index contributed by atoms with van der Waals surface area (Å²) in [6.45, 7) is 4.04. The van der Waals surface area contributed by atoms with Crippen LogP contribution in [0.4, 0.5) is 13.2 Å². The number of alkyl halides is 3. The molecule has 0 spiro atoms. The Hall–Kier alpha value is -2.07. The number of likely N-dealkylation sites (tertiary alicyclic amines) is 1. The molecule has 2 atom stereocenters. The minimum absolute atomic E-state index is 0.129. The molecule has 0 amide bonds. The first-order valence-corrected chi connectivity index (χ1v) is 7.53. The molecule has 2 bridgehead atoms. The highest BCUT2D eigenvalue weighted by Crippen LogP contribution is 2.37. The van der Waals surface area contributed by atoms with Crippen LogP contribution in [-0.4, -0.2) is 54.9 Å². The zero-order valence-electron chi connectivity index (χ0n) is 12.9. The van der Waals surface area contributed by atoms with Gasteiger partial charge in [0.25, 0.3) is 0 Å². The van der Waals surface area contributed by atoms with Crippen molar-refractivity contribution in [2.75, 3.05) is 13.2 Å². The van der Waals surface area contributed by atoms with Gasteiger partial charge >= 0.3 is 6.18 Å². The molecule has 4 rings (SSSR count). The summed E-state index contributed by atoms with van der Waals surface area (Å²) in [7, 11) is 0. The lowest BCUT2D eigenvalue weighted by Gasteiger charge is -2.29. The van der Waals surface area contributed by atoms with Crippen molar-refractivity contribution in [2.45, 2.75) is 37.7 Å². The lowest BCUT2D eigenvalue weighted by Crippen LogP contribution is -2.41. The molecule has 2 aromatic rings. The number of aromatic nitrogens is 5. The number of morpholine rings is 1. The lowest BCUT2D eigenvalue weighted by molar-refractivity contribution is -0.137. The Morgan fingerprint density at radius 3 is 2.79 bits per heavy atom. The molecular formula is C14H15F3N6O. The SMILES string of the molecule is C[C@@]12C[C@@H](CO1)N(Cc1nnnn1-c1ccc(C(F)(F)F)cn1)C2. The first kappa shape index (κ1) is 15.5. The van der Waals surface area contributed by atoms with E-state index < -0.39 is 11.7 Å². The van der Waals surface area contributed by atoms with Gasteiger partial charge in [0, 0.05) is 18.8 Å². The van der Waals surface area contributed by atoms with E-state index in [-0.39, 0.29) is 11.4 Å². The van der Waals surface area contributed by atoms with Crippen LogP contribution in [0.25, 0.3) is 5.82 Å². The van der Waals surface area contributed by atoms with Gasteiger partial charge in [-0.05, 0) is 35.9 Å². The zero-order valence-corrected chi connectivity index (χ0v) is 12.9. The van der Waals surface area contributed by atoms with Crippen LogP contribution in [0.15, 0.2) is 18.3 Å². The van der Waals surface area contributed by atoms with Crippen LogP contribution >= 0.6 is 0 Å². The summed E-state index contributed by atoms with van der Waals surface area (Å²) in [6, 6.07) is 2.56. The third kappa shape index (κ3) is 2.65. The summed E-state index contributed by atoms with van der Waals surface area (Å²) in [4.78, 5) is 6.07. The second-order valence-electron chi connectivity index (χ2n) is 6.43. The molecule has 0 unspecified atom stereocenters. The minimum Gasteiger partial charge on any atom is -0.372 e. The monoisotopic (exact) mass is 340 g/mol. The Morgan fingerprint density at radius 1 is 1.38 bits per heavy atom. The van der Waals surface area contributed by atoms with Crippen molar-refractivity contribution in [1.29, 1.82) is 0 Å². The molecule has 2 fully saturated rings. The minimum atomic E-state index is -4.42. The van der Waals surface area contributed by atoms with Crippen LogP contribution in [0.3, 0.4) is 0 Å². The molecule has 128 valence electrons. The molecule has 0 saturated carbocycles. The van der Waals surface area contributed by atoms with Crippen LogP contribution in [0.5, 0.6) is 0 Å². The van der Waals surface area contributed by atoms with Crippen molar-refractivity contribution in [3.63, 3.8) is 0 Å². The van der Waals surface area contributed by atoms with E-state index in [2.05, 4.69) is 32.3 Å².